The van der Waals surface area contributed by atoms with Gasteiger partial charge in [-0.2, -0.15) is 18.4 Å². The van der Waals surface area contributed by atoms with Crippen molar-refractivity contribution < 1.29 is 31.5 Å². The van der Waals surface area contributed by atoms with E-state index in [0.717, 1.165) is 16.6 Å². The van der Waals surface area contributed by atoms with E-state index < -0.39 is 29.8 Å². The highest BCUT2D eigenvalue weighted by molar-refractivity contribution is 5.93. The van der Waals surface area contributed by atoms with Crippen LogP contribution in [0.15, 0.2) is 30.3 Å². The first-order valence-corrected chi connectivity index (χ1v) is 7.72. The van der Waals surface area contributed by atoms with E-state index in [0.29, 0.717) is 6.92 Å². The largest absolute Gasteiger partial charge is 0.573 e. The molecular weight excluding hydrogens is 389 g/mol. The van der Waals surface area contributed by atoms with Gasteiger partial charge in [-0.3, -0.25) is 4.79 Å². The van der Waals surface area contributed by atoms with Gasteiger partial charge in [-0.1, -0.05) is 0 Å². The highest BCUT2D eigenvalue weighted by atomic mass is 19.4. The number of nitrogens with zero attached hydrogens (tertiary/aromatic N) is 4. The molecule has 1 aromatic carbocycles. The Morgan fingerprint density at radius 1 is 1.11 bits per heavy atom. The molecule has 0 atom stereocenters. The molecule has 148 valence electrons. The molecule has 1 amide bonds. The molecule has 7 nitrogen and oxygen atoms in total. The Labute approximate surface area is 154 Å². The zero-order chi connectivity index (χ0) is 20.7. The van der Waals surface area contributed by atoms with Crippen LogP contribution in [-0.4, -0.2) is 32.1 Å². The van der Waals surface area contributed by atoms with Crippen LogP contribution in [0.2, 0.25) is 0 Å². The number of amides is 1. The van der Waals surface area contributed by atoms with Gasteiger partial charge in [0.1, 0.15) is 11.4 Å². The fourth-order valence-corrected chi connectivity index (χ4v) is 2.42. The van der Waals surface area contributed by atoms with E-state index in [1.807, 2.05) is 0 Å². The molecule has 1 N–H and O–H groups in total. The topological polar surface area (TPSA) is 81.4 Å². The van der Waals surface area contributed by atoms with E-state index in [1.165, 1.54) is 25.1 Å². The van der Waals surface area contributed by atoms with Crippen molar-refractivity contribution in [2.45, 2.75) is 26.1 Å². The number of alkyl halides is 5. The van der Waals surface area contributed by atoms with E-state index in [1.54, 1.807) is 0 Å². The monoisotopic (exact) mass is 401 g/mol. The summed E-state index contributed by atoms with van der Waals surface area (Å²) in [4.78, 5) is 11.5. The third kappa shape index (κ3) is 4.15. The predicted octanol–water partition coefficient (Wildman–Crippen LogP) is 3.76. The fraction of sp³-hybridized carbons (Fsp3) is 0.250. The quantitative estimate of drug-likeness (QED) is 0.674. The first-order chi connectivity index (χ1) is 12.9. The van der Waals surface area contributed by atoms with Gasteiger partial charge in [0.05, 0.1) is 5.69 Å². The summed E-state index contributed by atoms with van der Waals surface area (Å²) in [6.45, 7) is 1.85. The lowest BCUT2D eigenvalue weighted by atomic mass is 10.1. The highest BCUT2D eigenvalue weighted by Gasteiger charge is 2.33. The summed E-state index contributed by atoms with van der Waals surface area (Å²) in [6, 6.07) is 5.84. The molecule has 0 bridgehead atoms. The van der Waals surface area contributed by atoms with Crippen LogP contribution in [0, 0.1) is 0 Å². The molecule has 0 saturated heterocycles. The van der Waals surface area contributed by atoms with E-state index in [9.17, 15) is 26.7 Å². The molecule has 0 aliphatic heterocycles. The van der Waals surface area contributed by atoms with Crippen LogP contribution in [0.25, 0.3) is 16.9 Å². The number of hydrogen-bond acceptors (Lipinski definition) is 5. The van der Waals surface area contributed by atoms with Gasteiger partial charge < -0.3 is 10.1 Å². The van der Waals surface area contributed by atoms with Crippen LogP contribution in [0.1, 0.15) is 19.7 Å². The first-order valence-electron chi connectivity index (χ1n) is 7.72. The van der Waals surface area contributed by atoms with Gasteiger partial charge in [-0.15, -0.1) is 23.4 Å². The molecule has 28 heavy (non-hydrogen) atoms. The Morgan fingerprint density at radius 2 is 1.75 bits per heavy atom. The SMILES string of the molecule is CC(=O)Nc1cc2nnc(C(C)(F)F)n2nc1-c1ccc(OC(F)(F)F)cc1. The molecule has 0 aliphatic carbocycles. The van der Waals surface area contributed by atoms with Gasteiger partial charge in [0, 0.05) is 25.5 Å². The van der Waals surface area contributed by atoms with Crippen LogP contribution in [0.4, 0.5) is 27.6 Å². The van der Waals surface area contributed by atoms with Crippen molar-refractivity contribution in [1.29, 1.82) is 0 Å². The Kier molecular flexibility index (Phi) is 4.65. The van der Waals surface area contributed by atoms with Gasteiger partial charge in [-0.05, 0) is 24.3 Å². The number of aromatic nitrogens is 4. The molecule has 0 spiro atoms. The minimum absolute atomic E-state index is 0.0339. The van der Waals surface area contributed by atoms with Crippen LogP contribution >= 0.6 is 0 Å². The lowest BCUT2D eigenvalue weighted by molar-refractivity contribution is -0.274. The molecular formula is C16H12F5N5O2. The van der Waals surface area contributed by atoms with Crippen LogP contribution in [0.3, 0.4) is 0 Å². The smallest absolute Gasteiger partial charge is 0.406 e. The number of hydrogen-bond donors (Lipinski definition) is 1. The third-order valence-corrected chi connectivity index (χ3v) is 3.46. The average molecular weight is 401 g/mol. The van der Waals surface area contributed by atoms with E-state index in [-0.39, 0.29) is 22.6 Å². The maximum absolute atomic E-state index is 13.7. The number of ether oxygens (including phenoxy) is 1. The van der Waals surface area contributed by atoms with E-state index in [2.05, 4.69) is 25.3 Å². The Balaban J connectivity index is 2.12. The second kappa shape index (κ2) is 6.69. The molecule has 2 aromatic heterocycles. The van der Waals surface area contributed by atoms with E-state index in [4.69, 9.17) is 0 Å². The summed E-state index contributed by atoms with van der Waals surface area (Å²) >= 11 is 0. The van der Waals surface area contributed by atoms with Gasteiger partial charge in [0.2, 0.25) is 11.7 Å². The van der Waals surface area contributed by atoms with Crippen molar-refractivity contribution in [3.63, 3.8) is 0 Å². The summed E-state index contributed by atoms with van der Waals surface area (Å²) in [5.41, 5.74) is 0.370. The third-order valence-electron chi connectivity index (χ3n) is 3.46. The summed E-state index contributed by atoms with van der Waals surface area (Å²) < 4.78 is 68.9. The summed E-state index contributed by atoms with van der Waals surface area (Å²) in [5, 5.41) is 13.6. The van der Waals surface area contributed by atoms with Crippen molar-refractivity contribution >= 4 is 17.2 Å². The fourth-order valence-electron chi connectivity index (χ4n) is 2.42. The van der Waals surface area contributed by atoms with Crippen molar-refractivity contribution in [2.24, 2.45) is 0 Å². The number of rotatable bonds is 4. The number of fused-ring (bicyclic) bond motifs is 1. The summed E-state index contributed by atoms with van der Waals surface area (Å²) in [6.07, 6.45) is -4.86. The number of nitrogens with one attached hydrogen (secondary N) is 1. The minimum atomic E-state index is -4.86. The lowest BCUT2D eigenvalue weighted by Crippen LogP contribution is -2.17. The Morgan fingerprint density at radius 3 is 2.29 bits per heavy atom. The van der Waals surface area contributed by atoms with Crippen molar-refractivity contribution in [3.8, 4) is 17.0 Å². The van der Waals surface area contributed by atoms with Gasteiger partial charge in [0.15, 0.2) is 5.65 Å². The number of halogens is 5. The van der Waals surface area contributed by atoms with Crippen LogP contribution in [-0.2, 0) is 10.7 Å². The number of carbonyl (C=O) groups is 1. The van der Waals surface area contributed by atoms with Gasteiger partial charge >= 0.3 is 12.3 Å². The molecule has 3 aromatic rings. The number of anilines is 1. The van der Waals surface area contributed by atoms with Gasteiger partial charge in [-0.25, -0.2) is 0 Å². The number of benzene rings is 1. The molecule has 12 heteroatoms. The lowest BCUT2D eigenvalue weighted by Gasteiger charge is -2.13. The average Bonchev–Trinajstić information content (AvgIpc) is 2.96. The predicted molar refractivity (Wildman–Crippen MR) is 86.8 cm³/mol. The molecule has 0 aliphatic rings. The minimum Gasteiger partial charge on any atom is -0.406 e. The van der Waals surface area contributed by atoms with E-state index >= 15 is 0 Å². The summed E-state index contributed by atoms with van der Waals surface area (Å²) in [5.74, 6) is -5.01. The zero-order valence-electron chi connectivity index (χ0n) is 14.4. The maximum Gasteiger partial charge on any atom is 0.573 e. The van der Waals surface area contributed by atoms with Crippen LogP contribution < -0.4 is 10.1 Å². The molecule has 2 heterocycles. The molecule has 0 radical (unpaired) electrons. The summed E-state index contributed by atoms with van der Waals surface area (Å²) in [7, 11) is 0. The first kappa shape index (κ1) is 19.5. The maximum atomic E-state index is 13.7. The van der Waals surface area contributed by atoms with Crippen molar-refractivity contribution in [3.05, 3.63) is 36.2 Å². The molecule has 0 saturated carbocycles. The molecule has 0 fully saturated rings. The normalized spacial score (nSPS) is 12.2. The zero-order valence-corrected chi connectivity index (χ0v) is 14.4. The second-order valence-electron chi connectivity index (χ2n) is 5.84. The molecule has 0 unspecified atom stereocenters. The standard InChI is InChI=1S/C16H12F5N5O2/c1-8(27)22-11-7-12-23-24-14(15(2,17)18)26(12)25-13(11)9-3-5-10(6-4-9)28-16(19,20)21/h3-7H,1-2H3,(H,22,27). The second-order valence-corrected chi connectivity index (χ2v) is 5.84. The highest BCUT2D eigenvalue weighted by Crippen LogP contribution is 2.32. The molecule has 3 rings (SSSR count). The Hall–Kier alpha value is -3.31. The Bertz CT molecular complexity index is 1020. The van der Waals surface area contributed by atoms with Crippen molar-refractivity contribution in [1.82, 2.24) is 19.8 Å². The number of carbonyl (C=O) groups excluding carboxylic acids is 1. The van der Waals surface area contributed by atoms with Crippen molar-refractivity contribution in [2.75, 3.05) is 5.32 Å². The van der Waals surface area contributed by atoms with Gasteiger partial charge in [0.25, 0.3) is 0 Å². The van der Waals surface area contributed by atoms with Crippen LogP contribution in [0.5, 0.6) is 5.75 Å².